The second-order valence-electron chi connectivity index (χ2n) is 6.58. The van der Waals surface area contributed by atoms with Crippen LogP contribution in [0.3, 0.4) is 0 Å². The number of carbonyl (C=O) groups excluding carboxylic acids is 1. The zero-order valence-corrected chi connectivity index (χ0v) is 14.1. The van der Waals surface area contributed by atoms with Gasteiger partial charge in [-0.25, -0.2) is 0 Å². The molecule has 0 aliphatic carbocycles. The van der Waals surface area contributed by atoms with Crippen LogP contribution in [0.25, 0.3) is 0 Å². The molecule has 21 heavy (non-hydrogen) atoms. The van der Waals surface area contributed by atoms with Crippen LogP contribution in [0.4, 0.5) is 0 Å². The molecule has 1 aromatic carbocycles. The molecule has 2 atom stereocenters. The lowest BCUT2D eigenvalue weighted by molar-refractivity contribution is 0.0247. The van der Waals surface area contributed by atoms with Crippen LogP contribution in [0.5, 0.6) is 0 Å². The van der Waals surface area contributed by atoms with E-state index in [0.29, 0.717) is 6.54 Å². The molecule has 1 saturated heterocycles. The zero-order chi connectivity index (χ0) is 15.9. The maximum absolute atomic E-state index is 12.9. The molecule has 1 aliphatic rings. The van der Waals surface area contributed by atoms with E-state index in [1.165, 1.54) is 16.7 Å². The predicted octanol–water partition coefficient (Wildman–Crippen LogP) is 3.07. The molecule has 1 heterocycles. The molecule has 0 radical (unpaired) electrons. The number of β-amino-alcohol motifs (C(OH)–C–C–N with tert-alkyl or cyclic N) is 1. The largest absolute Gasteiger partial charge is 0.391 e. The van der Waals surface area contributed by atoms with Gasteiger partial charge in [0.25, 0.3) is 5.91 Å². The zero-order valence-electron chi connectivity index (χ0n) is 14.1. The van der Waals surface area contributed by atoms with Gasteiger partial charge in [-0.3, -0.25) is 4.79 Å². The number of benzene rings is 1. The van der Waals surface area contributed by atoms with Crippen LogP contribution in [0, 0.1) is 40.5 Å². The minimum Gasteiger partial charge on any atom is -0.391 e. The fraction of sp³-hybridized carbons (Fsp3) is 0.611. The second-order valence-corrected chi connectivity index (χ2v) is 6.58. The summed E-state index contributed by atoms with van der Waals surface area (Å²) in [6.07, 6.45) is 0.463. The van der Waals surface area contributed by atoms with Gasteiger partial charge in [-0.1, -0.05) is 6.92 Å². The minimum absolute atomic E-state index is 0.0714. The van der Waals surface area contributed by atoms with Gasteiger partial charge in [-0.15, -0.1) is 0 Å². The number of rotatable bonds is 1. The molecule has 2 rings (SSSR count). The summed E-state index contributed by atoms with van der Waals surface area (Å²) in [5, 5.41) is 10.0. The Kier molecular flexibility index (Phi) is 4.43. The lowest BCUT2D eigenvalue weighted by Gasteiger charge is -2.35. The van der Waals surface area contributed by atoms with Gasteiger partial charge in [0.2, 0.25) is 0 Å². The van der Waals surface area contributed by atoms with E-state index < -0.39 is 6.10 Å². The Labute approximate surface area is 128 Å². The molecule has 0 bridgehead atoms. The summed E-state index contributed by atoms with van der Waals surface area (Å²) in [5.74, 6) is 0.347. The van der Waals surface area contributed by atoms with Crippen molar-refractivity contribution in [2.24, 2.45) is 5.92 Å². The van der Waals surface area contributed by atoms with Gasteiger partial charge in [0.15, 0.2) is 0 Å². The highest BCUT2D eigenvalue weighted by atomic mass is 16.3. The minimum atomic E-state index is -0.407. The Morgan fingerprint density at radius 3 is 1.95 bits per heavy atom. The molecule has 3 nitrogen and oxygen atoms in total. The first-order valence-corrected chi connectivity index (χ1v) is 7.80. The van der Waals surface area contributed by atoms with Gasteiger partial charge >= 0.3 is 0 Å². The van der Waals surface area contributed by atoms with Crippen LogP contribution in [0.2, 0.25) is 0 Å². The van der Waals surface area contributed by atoms with Crippen molar-refractivity contribution < 1.29 is 9.90 Å². The van der Waals surface area contributed by atoms with Crippen molar-refractivity contribution in [3.8, 4) is 0 Å². The van der Waals surface area contributed by atoms with Crippen molar-refractivity contribution in [1.82, 2.24) is 4.90 Å². The third-order valence-corrected chi connectivity index (χ3v) is 5.42. The predicted molar refractivity (Wildman–Crippen MR) is 85.8 cm³/mol. The van der Waals surface area contributed by atoms with E-state index in [-0.39, 0.29) is 11.8 Å². The van der Waals surface area contributed by atoms with Crippen molar-refractivity contribution >= 4 is 5.91 Å². The molecule has 2 unspecified atom stereocenters. The van der Waals surface area contributed by atoms with Crippen LogP contribution < -0.4 is 0 Å². The normalized spacial score (nSPS) is 22.5. The van der Waals surface area contributed by atoms with Gasteiger partial charge in [0.05, 0.1) is 6.10 Å². The van der Waals surface area contributed by atoms with Crippen LogP contribution in [-0.4, -0.2) is 35.1 Å². The van der Waals surface area contributed by atoms with E-state index in [1.807, 2.05) is 25.7 Å². The number of piperidine rings is 1. The van der Waals surface area contributed by atoms with Crippen molar-refractivity contribution in [3.63, 3.8) is 0 Å². The van der Waals surface area contributed by atoms with Gasteiger partial charge in [0, 0.05) is 18.7 Å². The van der Waals surface area contributed by atoms with Crippen molar-refractivity contribution in [1.29, 1.82) is 0 Å². The highest BCUT2D eigenvalue weighted by Gasteiger charge is 2.30. The lowest BCUT2D eigenvalue weighted by Crippen LogP contribution is -2.46. The molecule has 1 aliphatic heterocycles. The highest BCUT2D eigenvalue weighted by Crippen LogP contribution is 2.28. The molecule has 1 fully saturated rings. The lowest BCUT2D eigenvalue weighted by atomic mass is 9.88. The van der Waals surface area contributed by atoms with Gasteiger partial charge < -0.3 is 10.0 Å². The number of likely N-dealkylation sites (tertiary alicyclic amines) is 1. The number of nitrogens with zero attached hydrogens (tertiary/aromatic N) is 1. The number of carbonyl (C=O) groups is 1. The van der Waals surface area contributed by atoms with Crippen LogP contribution in [0.1, 0.15) is 51.5 Å². The first-order valence-electron chi connectivity index (χ1n) is 7.80. The first kappa shape index (κ1) is 16.0. The summed E-state index contributed by atoms with van der Waals surface area (Å²) in [7, 11) is 0. The molecule has 3 heteroatoms. The quantitative estimate of drug-likeness (QED) is 0.863. The van der Waals surface area contributed by atoms with Gasteiger partial charge in [-0.2, -0.15) is 0 Å². The van der Waals surface area contributed by atoms with E-state index in [2.05, 4.69) is 20.8 Å². The molecular formula is C18H27NO2. The van der Waals surface area contributed by atoms with E-state index >= 15 is 0 Å². The average molecular weight is 289 g/mol. The Morgan fingerprint density at radius 2 is 1.48 bits per heavy atom. The van der Waals surface area contributed by atoms with Gasteiger partial charge in [-0.05, 0) is 74.8 Å². The summed E-state index contributed by atoms with van der Waals surface area (Å²) in [6.45, 7) is 13.6. The monoisotopic (exact) mass is 289 g/mol. The number of hydrogen-bond acceptors (Lipinski definition) is 2. The maximum Gasteiger partial charge on any atom is 0.254 e. The SMILES string of the molecule is Cc1c(C)c(C)c(C(=O)N2CCC(C)C(O)C2)c(C)c1C. The summed E-state index contributed by atoms with van der Waals surface area (Å²) in [4.78, 5) is 14.7. The molecule has 1 aromatic rings. The Balaban J connectivity index is 2.41. The third-order valence-electron chi connectivity index (χ3n) is 5.42. The van der Waals surface area contributed by atoms with E-state index in [9.17, 15) is 9.90 Å². The number of amides is 1. The number of aliphatic hydroxyl groups excluding tert-OH is 1. The maximum atomic E-state index is 12.9. The van der Waals surface area contributed by atoms with Gasteiger partial charge in [0.1, 0.15) is 0 Å². The van der Waals surface area contributed by atoms with E-state index in [1.54, 1.807) is 0 Å². The van der Waals surface area contributed by atoms with Crippen molar-refractivity contribution in [3.05, 3.63) is 33.4 Å². The van der Waals surface area contributed by atoms with E-state index in [4.69, 9.17) is 0 Å². The molecule has 116 valence electrons. The fourth-order valence-electron chi connectivity index (χ4n) is 3.21. The van der Waals surface area contributed by atoms with Crippen molar-refractivity contribution in [2.75, 3.05) is 13.1 Å². The molecule has 0 aromatic heterocycles. The van der Waals surface area contributed by atoms with Crippen LogP contribution >= 0.6 is 0 Å². The fourth-order valence-corrected chi connectivity index (χ4v) is 3.21. The smallest absolute Gasteiger partial charge is 0.254 e. The Hall–Kier alpha value is -1.35. The molecule has 1 N–H and O–H groups in total. The van der Waals surface area contributed by atoms with Crippen LogP contribution in [-0.2, 0) is 0 Å². The van der Waals surface area contributed by atoms with E-state index in [0.717, 1.165) is 29.7 Å². The molecule has 1 amide bonds. The Bertz CT molecular complexity index is 548. The van der Waals surface area contributed by atoms with Crippen LogP contribution in [0.15, 0.2) is 0 Å². The number of aliphatic hydroxyl groups is 1. The molecular weight excluding hydrogens is 262 g/mol. The first-order chi connectivity index (χ1) is 9.75. The third kappa shape index (κ3) is 2.71. The Morgan fingerprint density at radius 1 is 1.00 bits per heavy atom. The number of hydrogen-bond donors (Lipinski definition) is 1. The highest BCUT2D eigenvalue weighted by molar-refractivity contribution is 5.98. The summed E-state index contributed by atoms with van der Waals surface area (Å²) >= 11 is 0. The van der Waals surface area contributed by atoms with Crippen molar-refractivity contribution in [2.45, 2.75) is 54.1 Å². The summed E-state index contributed by atoms with van der Waals surface area (Å²) in [5.41, 5.74) is 6.66. The standard InChI is InChI=1S/C18H27NO2/c1-10-7-8-19(9-16(10)20)18(21)17-14(5)12(3)11(2)13(4)15(17)6/h10,16,20H,7-9H2,1-6H3. The molecule has 0 saturated carbocycles. The summed E-state index contributed by atoms with van der Waals surface area (Å²) < 4.78 is 0. The topological polar surface area (TPSA) is 40.5 Å². The molecule has 0 spiro atoms. The second kappa shape index (κ2) is 5.80. The average Bonchev–Trinajstić information content (AvgIpc) is 2.46. The summed E-state index contributed by atoms with van der Waals surface area (Å²) in [6, 6.07) is 0.